The zero-order valence-corrected chi connectivity index (χ0v) is 17.7. The SMILES string of the molecule is O=S1(=O)CC(CO)=C2[C@@H](CC/C(=C/c3ccc(O)cc3)c3ccccn3)OB(O)C[C@@H]21. The van der Waals surface area contributed by atoms with E-state index in [0.29, 0.717) is 24.0 Å². The van der Waals surface area contributed by atoms with Crippen molar-refractivity contribution in [2.24, 2.45) is 0 Å². The fraction of sp³-hybridized carbons (Fsp3) is 0.318. The molecule has 0 amide bonds. The summed E-state index contributed by atoms with van der Waals surface area (Å²) in [5.74, 6) is -0.00919. The molecule has 0 saturated carbocycles. The molecule has 2 atom stereocenters. The van der Waals surface area contributed by atoms with Crippen LogP contribution in [0.1, 0.15) is 24.1 Å². The van der Waals surface area contributed by atoms with Crippen LogP contribution in [0, 0.1) is 0 Å². The molecule has 1 aromatic carbocycles. The molecular weight excluding hydrogens is 417 g/mol. The molecule has 0 radical (unpaired) electrons. The van der Waals surface area contributed by atoms with E-state index in [4.69, 9.17) is 4.65 Å². The number of aliphatic hydroxyl groups excluding tert-OH is 1. The molecule has 2 aliphatic rings. The van der Waals surface area contributed by atoms with Crippen molar-refractivity contribution in [3.63, 3.8) is 0 Å². The van der Waals surface area contributed by atoms with E-state index >= 15 is 0 Å². The van der Waals surface area contributed by atoms with Gasteiger partial charge in [0.05, 0.1) is 29.4 Å². The molecule has 0 aliphatic carbocycles. The third kappa shape index (κ3) is 4.75. The van der Waals surface area contributed by atoms with Gasteiger partial charge in [-0.3, -0.25) is 4.98 Å². The first-order valence-electron chi connectivity index (χ1n) is 10.2. The second-order valence-electron chi connectivity index (χ2n) is 7.84. The fourth-order valence-corrected chi connectivity index (χ4v) is 6.41. The van der Waals surface area contributed by atoms with Crippen LogP contribution in [0.15, 0.2) is 59.8 Å². The Balaban J connectivity index is 1.62. The monoisotopic (exact) mass is 441 g/mol. The lowest BCUT2D eigenvalue weighted by atomic mass is 9.74. The Bertz CT molecular complexity index is 1100. The summed E-state index contributed by atoms with van der Waals surface area (Å²) >= 11 is 0. The van der Waals surface area contributed by atoms with E-state index in [0.717, 1.165) is 16.8 Å². The van der Waals surface area contributed by atoms with Gasteiger partial charge in [-0.25, -0.2) is 8.42 Å². The highest BCUT2D eigenvalue weighted by atomic mass is 32.2. The number of aromatic nitrogens is 1. The summed E-state index contributed by atoms with van der Waals surface area (Å²) in [4.78, 5) is 4.44. The Morgan fingerprint density at radius 2 is 2.00 bits per heavy atom. The largest absolute Gasteiger partial charge is 0.508 e. The highest BCUT2D eigenvalue weighted by Gasteiger charge is 2.48. The van der Waals surface area contributed by atoms with Crippen LogP contribution in [0.3, 0.4) is 0 Å². The molecule has 4 rings (SSSR count). The number of fused-ring (bicyclic) bond motifs is 1. The Morgan fingerprint density at radius 3 is 2.68 bits per heavy atom. The van der Waals surface area contributed by atoms with Gasteiger partial charge in [-0.1, -0.05) is 18.2 Å². The lowest BCUT2D eigenvalue weighted by Gasteiger charge is -2.32. The number of hydrogen-bond acceptors (Lipinski definition) is 7. The van der Waals surface area contributed by atoms with E-state index in [2.05, 4.69) is 4.98 Å². The fourth-order valence-electron chi connectivity index (χ4n) is 4.30. The van der Waals surface area contributed by atoms with Gasteiger partial charge in [0.1, 0.15) is 5.75 Å². The first-order valence-corrected chi connectivity index (χ1v) is 11.9. The van der Waals surface area contributed by atoms with Crippen LogP contribution in [0.25, 0.3) is 11.6 Å². The predicted molar refractivity (Wildman–Crippen MR) is 119 cm³/mol. The van der Waals surface area contributed by atoms with Crippen molar-refractivity contribution in [1.82, 2.24) is 4.98 Å². The molecule has 9 heteroatoms. The lowest BCUT2D eigenvalue weighted by molar-refractivity contribution is 0.169. The Labute approximate surface area is 181 Å². The topological polar surface area (TPSA) is 117 Å². The van der Waals surface area contributed by atoms with Gasteiger partial charge in [0, 0.05) is 12.5 Å². The van der Waals surface area contributed by atoms with Gasteiger partial charge in [-0.15, -0.1) is 0 Å². The van der Waals surface area contributed by atoms with Gasteiger partial charge < -0.3 is 19.9 Å². The number of aromatic hydroxyl groups is 1. The second-order valence-corrected chi connectivity index (χ2v) is 10.0. The summed E-state index contributed by atoms with van der Waals surface area (Å²) < 4.78 is 30.8. The standard InChI is InChI=1S/C22H24BNO6S/c25-13-17-14-31(28,29)21-12-23(27)30-20(22(17)21)9-6-16(19-3-1-2-10-24-19)11-15-4-7-18(26)8-5-15/h1-5,7-8,10-11,20-21,25-27H,6,9,12-14H2/b16-11-/t20-,21+/m1/s1. The molecular formula is C22H24BNO6S. The van der Waals surface area contributed by atoms with Gasteiger partial charge in [0.15, 0.2) is 9.84 Å². The van der Waals surface area contributed by atoms with Gasteiger partial charge in [-0.05, 0) is 65.5 Å². The van der Waals surface area contributed by atoms with Crippen molar-refractivity contribution < 1.29 is 28.3 Å². The van der Waals surface area contributed by atoms with Gasteiger partial charge in [-0.2, -0.15) is 0 Å². The second kappa shape index (κ2) is 8.96. The summed E-state index contributed by atoms with van der Waals surface area (Å²) in [6.07, 6.45) is 4.01. The average Bonchev–Trinajstić information content (AvgIpc) is 3.03. The van der Waals surface area contributed by atoms with Crippen molar-refractivity contribution in [3.05, 3.63) is 71.1 Å². The molecule has 1 fully saturated rings. The number of phenols is 1. The number of rotatable bonds is 6. The van der Waals surface area contributed by atoms with Gasteiger partial charge in [0.2, 0.25) is 0 Å². The maximum atomic E-state index is 12.5. The zero-order chi connectivity index (χ0) is 22.0. The molecule has 3 N–H and O–H groups in total. The Hall–Kier alpha value is -2.46. The van der Waals surface area contributed by atoms with E-state index in [1.807, 2.05) is 24.3 Å². The number of sulfone groups is 1. The smallest absolute Gasteiger partial charge is 0.456 e. The minimum Gasteiger partial charge on any atom is -0.508 e. The van der Waals surface area contributed by atoms with Crippen molar-refractivity contribution in [2.75, 3.05) is 12.4 Å². The van der Waals surface area contributed by atoms with E-state index in [1.54, 1.807) is 30.5 Å². The number of phenolic OH excluding ortho intramolecular Hbond substituents is 1. The molecule has 2 aliphatic heterocycles. The molecule has 0 bridgehead atoms. The zero-order valence-electron chi connectivity index (χ0n) is 16.9. The maximum absolute atomic E-state index is 12.5. The Kier molecular flexibility index (Phi) is 6.29. The van der Waals surface area contributed by atoms with Crippen LogP contribution in [-0.2, 0) is 14.5 Å². The summed E-state index contributed by atoms with van der Waals surface area (Å²) in [6.45, 7) is -0.336. The third-order valence-electron chi connectivity index (χ3n) is 5.74. The number of allylic oxidation sites excluding steroid dienone is 1. The van der Waals surface area contributed by atoms with Gasteiger partial charge >= 0.3 is 7.12 Å². The predicted octanol–water partition coefficient (Wildman–Crippen LogP) is 2.07. The van der Waals surface area contributed by atoms with Crippen LogP contribution < -0.4 is 0 Å². The Morgan fingerprint density at radius 1 is 1.23 bits per heavy atom. The van der Waals surface area contributed by atoms with Crippen molar-refractivity contribution in [3.8, 4) is 5.75 Å². The first-order chi connectivity index (χ1) is 14.9. The molecule has 7 nitrogen and oxygen atoms in total. The van der Waals surface area contributed by atoms with Crippen LogP contribution >= 0.6 is 0 Å². The lowest BCUT2D eigenvalue weighted by Crippen LogP contribution is -2.42. The highest BCUT2D eigenvalue weighted by Crippen LogP contribution is 2.40. The van der Waals surface area contributed by atoms with E-state index < -0.39 is 28.3 Å². The molecule has 1 saturated heterocycles. The molecule has 0 spiro atoms. The first kappa shape index (κ1) is 21.8. The normalized spacial score (nSPS) is 23.2. The minimum absolute atomic E-state index is 0.00584. The van der Waals surface area contributed by atoms with E-state index in [1.165, 1.54) is 0 Å². The van der Waals surface area contributed by atoms with Crippen LogP contribution in [-0.4, -0.2) is 59.5 Å². The molecule has 31 heavy (non-hydrogen) atoms. The summed E-state index contributed by atoms with van der Waals surface area (Å²) in [6, 6.07) is 12.4. The summed E-state index contributed by atoms with van der Waals surface area (Å²) in [5, 5.41) is 28.6. The number of hydrogen-bond donors (Lipinski definition) is 3. The third-order valence-corrected chi connectivity index (χ3v) is 7.81. The number of nitrogens with zero attached hydrogens (tertiary/aromatic N) is 1. The van der Waals surface area contributed by atoms with E-state index in [9.17, 15) is 23.7 Å². The maximum Gasteiger partial charge on any atom is 0.456 e. The van der Waals surface area contributed by atoms with Crippen molar-refractivity contribution >= 4 is 28.6 Å². The number of aliphatic hydroxyl groups is 1. The van der Waals surface area contributed by atoms with E-state index in [-0.39, 0.29) is 24.4 Å². The van der Waals surface area contributed by atoms with Crippen LogP contribution in [0.2, 0.25) is 6.32 Å². The van der Waals surface area contributed by atoms with Crippen LogP contribution in [0.4, 0.5) is 0 Å². The average molecular weight is 441 g/mol. The van der Waals surface area contributed by atoms with Gasteiger partial charge in [0.25, 0.3) is 0 Å². The summed E-state index contributed by atoms with van der Waals surface area (Å²) in [7, 11) is -4.60. The molecule has 0 unspecified atom stereocenters. The number of benzene rings is 1. The van der Waals surface area contributed by atoms with Crippen molar-refractivity contribution in [1.29, 1.82) is 0 Å². The molecule has 1 aromatic heterocycles. The minimum atomic E-state index is -3.44. The quantitative estimate of drug-likeness (QED) is 0.464. The van der Waals surface area contributed by atoms with Crippen molar-refractivity contribution in [2.45, 2.75) is 30.5 Å². The number of pyridine rings is 1. The molecule has 2 aromatic rings. The molecule has 3 heterocycles. The highest BCUT2D eigenvalue weighted by molar-refractivity contribution is 7.92. The van der Waals surface area contributed by atoms with Crippen LogP contribution in [0.5, 0.6) is 5.75 Å². The molecule has 162 valence electrons. The summed E-state index contributed by atoms with van der Waals surface area (Å²) in [5.41, 5.74) is 3.65.